The van der Waals surface area contributed by atoms with Crippen LogP contribution in [0.5, 0.6) is 5.75 Å². The van der Waals surface area contributed by atoms with Gasteiger partial charge < -0.3 is 26.8 Å². The Bertz CT molecular complexity index is 1620. The van der Waals surface area contributed by atoms with Gasteiger partial charge in [-0.2, -0.15) is 0 Å². The number of nitrogen functional groups attached to an aromatic ring is 2. The van der Waals surface area contributed by atoms with Crippen molar-refractivity contribution in [2.45, 2.75) is 58.8 Å². The summed E-state index contributed by atoms with van der Waals surface area (Å²) in [5.41, 5.74) is 15.5. The number of nitrogens with two attached hydrogens (primary N) is 2. The minimum Gasteiger partial charge on any atom is -0.490 e. The van der Waals surface area contributed by atoms with E-state index >= 15 is 0 Å². The van der Waals surface area contributed by atoms with Crippen molar-refractivity contribution in [1.29, 1.82) is 5.41 Å². The fourth-order valence-corrected chi connectivity index (χ4v) is 4.63. The highest BCUT2D eigenvalue weighted by Gasteiger charge is 2.18. The number of ether oxygens (including phenoxy) is 1. The van der Waals surface area contributed by atoms with Gasteiger partial charge >= 0.3 is 0 Å². The van der Waals surface area contributed by atoms with Crippen molar-refractivity contribution < 1.29 is 9.53 Å². The maximum Gasteiger partial charge on any atom is 0.294 e. The van der Waals surface area contributed by atoms with Crippen LogP contribution in [0.25, 0.3) is 11.3 Å². The molecule has 7 N–H and O–H groups in total. The fourth-order valence-electron chi connectivity index (χ4n) is 4.63. The maximum absolute atomic E-state index is 13.6. The third kappa shape index (κ3) is 8.45. The molecule has 10 nitrogen and oxygen atoms in total. The molecule has 1 heterocycles. The van der Waals surface area contributed by atoms with Crippen LogP contribution in [0.4, 0.5) is 11.5 Å². The van der Waals surface area contributed by atoms with Crippen LogP contribution in [0.1, 0.15) is 43.9 Å². The van der Waals surface area contributed by atoms with E-state index in [1.165, 1.54) is 10.1 Å². The normalized spacial score (nSPS) is 11.6. The van der Waals surface area contributed by atoms with Gasteiger partial charge in [0.15, 0.2) is 5.82 Å². The van der Waals surface area contributed by atoms with Crippen molar-refractivity contribution in [2.24, 2.45) is 5.73 Å². The number of amides is 1. The number of carbonyl (C=O) groups is 1. The molecule has 10 heteroatoms. The van der Waals surface area contributed by atoms with Crippen molar-refractivity contribution >= 4 is 23.2 Å². The molecular weight excluding hydrogens is 542 g/mol. The summed E-state index contributed by atoms with van der Waals surface area (Å²) in [7, 11) is 0. The summed E-state index contributed by atoms with van der Waals surface area (Å²) in [6.07, 6.45) is 3.02. The number of nitrogens with zero attached hydrogens (tertiary/aromatic N) is 2. The largest absolute Gasteiger partial charge is 0.490 e. The van der Waals surface area contributed by atoms with Gasteiger partial charge in [-0.25, -0.2) is 4.98 Å². The van der Waals surface area contributed by atoms with Crippen LogP contribution in [0.2, 0.25) is 0 Å². The Morgan fingerprint density at radius 1 is 1.05 bits per heavy atom. The third-order valence-corrected chi connectivity index (χ3v) is 6.83. The van der Waals surface area contributed by atoms with Crippen molar-refractivity contribution in [1.82, 2.24) is 14.9 Å². The number of benzene rings is 3. The molecule has 1 amide bonds. The minimum atomic E-state index is -0.424. The molecule has 0 radical (unpaired) electrons. The number of anilines is 2. The first-order valence-corrected chi connectivity index (χ1v) is 14.3. The quantitative estimate of drug-likeness (QED) is 0.0893. The zero-order valence-electron chi connectivity index (χ0n) is 24.8. The van der Waals surface area contributed by atoms with Crippen LogP contribution >= 0.6 is 0 Å². The summed E-state index contributed by atoms with van der Waals surface area (Å²) in [5.74, 6) is 0.345. The first-order valence-electron chi connectivity index (χ1n) is 14.3. The van der Waals surface area contributed by atoms with Gasteiger partial charge in [0.1, 0.15) is 24.2 Å². The summed E-state index contributed by atoms with van der Waals surface area (Å²) >= 11 is 0. The zero-order chi connectivity index (χ0) is 30.9. The predicted molar refractivity (Wildman–Crippen MR) is 171 cm³/mol. The lowest BCUT2D eigenvalue weighted by Crippen LogP contribution is -2.35. The zero-order valence-corrected chi connectivity index (χ0v) is 24.8. The van der Waals surface area contributed by atoms with E-state index < -0.39 is 5.56 Å². The molecule has 0 spiro atoms. The summed E-state index contributed by atoms with van der Waals surface area (Å²) in [5, 5.41) is 13.5. The lowest BCUT2D eigenvalue weighted by atomic mass is 10.1. The average molecular weight is 582 g/mol. The second kappa shape index (κ2) is 14.2. The molecule has 1 unspecified atom stereocenters. The second-order valence-electron chi connectivity index (χ2n) is 10.7. The molecule has 3 aromatic carbocycles. The summed E-state index contributed by atoms with van der Waals surface area (Å²) in [6, 6.07) is 22.4. The highest BCUT2D eigenvalue weighted by molar-refractivity contribution is 5.94. The molecule has 0 aliphatic rings. The smallest absolute Gasteiger partial charge is 0.294 e. The number of nitrogens with one attached hydrogen (secondary N) is 3. The molecule has 0 saturated heterocycles. The topological polar surface area (TPSA) is 161 Å². The average Bonchev–Trinajstić information content (AvgIpc) is 2.98. The Kier molecular flexibility index (Phi) is 10.2. The molecule has 43 heavy (non-hydrogen) atoms. The van der Waals surface area contributed by atoms with Gasteiger partial charge in [0, 0.05) is 41.9 Å². The monoisotopic (exact) mass is 581 g/mol. The van der Waals surface area contributed by atoms with Gasteiger partial charge in [0.25, 0.3) is 5.56 Å². The molecule has 4 aromatic rings. The first kappa shape index (κ1) is 30.8. The van der Waals surface area contributed by atoms with Crippen molar-refractivity contribution in [3.05, 3.63) is 106 Å². The first-order chi connectivity index (χ1) is 20.6. The minimum absolute atomic E-state index is 0.0255. The summed E-state index contributed by atoms with van der Waals surface area (Å²) in [4.78, 5) is 31.1. The Hall–Kier alpha value is -5.12. The Labute approximate surface area is 251 Å². The maximum atomic E-state index is 13.6. The standard InChI is InChI=1S/C33H39N7O3/c1-4-27(14-22-8-6-5-7-9-22)43-28-16-25(15-26(34)17-28)29-19-38-32(39-21(2)3)33(42)40(29)20-30(41)37-18-23-10-12-24(13-11-23)31(35)36/h5-13,15-17,19,21,27H,4,14,18,20,34H2,1-3H3,(H3,35,36)(H,37,41)(H,38,39). The molecule has 0 saturated carbocycles. The van der Waals surface area contributed by atoms with Crippen LogP contribution in [0, 0.1) is 5.41 Å². The molecule has 0 aliphatic heterocycles. The van der Waals surface area contributed by atoms with E-state index in [-0.39, 0.29) is 42.8 Å². The van der Waals surface area contributed by atoms with E-state index in [1.807, 2.05) is 38.1 Å². The molecule has 4 rings (SSSR count). The molecule has 0 fully saturated rings. The number of hydrogen-bond donors (Lipinski definition) is 5. The van der Waals surface area contributed by atoms with Crippen LogP contribution in [-0.2, 0) is 24.3 Å². The van der Waals surface area contributed by atoms with E-state index in [9.17, 15) is 9.59 Å². The Morgan fingerprint density at radius 2 is 1.77 bits per heavy atom. The van der Waals surface area contributed by atoms with Crippen LogP contribution in [0.15, 0.2) is 83.8 Å². The third-order valence-electron chi connectivity index (χ3n) is 6.83. The number of rotatable bonds is 13. The van der Waals surface area contributed by atoms with Gasteiger partial charge in [0.05, 0.1) is 11.9 Å². The van der Waals surface area contributed by atoms with E-state index in [0.29, 0.717) is 28.3 Å². The van der Waals surface area contributed by atoms with Gasteiger partial charge in [-0.1, -0.05) is 61.5 Å². The number of amidine groups is 1. The van der Waals surface area contributed by atoms with Crippen LogP contribution in [-0.4, -0.2) is 33.4 Å². The highest BCUT2D eigenvalue weighted by Crippen LogP contribution is 2.28. The summed E-state index contributed by atoms with van der Waals surface area (Å²) < 4.78 is 7.74. The van der Waals surface area contributed by atoms with Crippen LogP contribution in [0.3, 0.4) is 0 Å². The Morgan fingerprint density at radius 3 is 2.42 bits per heavy atom. The molecular formula is C33H39N7O3. The number of hydrogen-bond acceptors (Lipinski definition) is 7. The lowest BCUT2D eigenvalue weighted by molar-refractivity contribution is -0.121. The number of aromatic nitrogens is 2. The highest BCUT2D eigenvalue weighted by atomic mass is 16.5. The van der Waals surface area contributed by atoms with E-state index in [2.05, 4.69) is 34.7 Å². The van der Waals surface area contributed by atoms with Gasteiger partial charge in [0.2, 0.25) is 5.91 Å². The molecule has 0 bridgehead atoms. The molecule has 1 atom stereocenters. The molecule has 1 aromatic heterocycles. The van der Waals surface area contributed by atoms with Gasteiger partial charge in [-0.05, 0) is 43.5 Å². The predicted octanol–water partition coefficient (Wildman–Crippen LogP) is 4.31. The molecule has 224 valence electrons. The van der Waals surface area contributed by atoms with Gasteiger partial charge in [-0.15, -0.1) is 0 Å². The van der Waals surface area contributed by atoms with E-state index in [4.69, 9.17) is 21.6 Å². The molecule has 0 aliphatic carbocycles. The number of carbonyl (C=O) groups excluding carboxylic acids is 1. The SMILES string of the molecule is CCC(Cc1ccccc1)Oc1cc(N)cc(-c2cnc(NC(C)C)c(=O)n2CC(=O)NCc2ccc(C(=N)N)cc2)c1. The summed E-state index contributed by atoms with van der Waals surface area (Å²) in [6.45, 7) is 5.90. The van der Waals surface area contributed by atoms with E-state index in [1.54, 1.807) is 42.6 Å². The Balaban J connectivity index is 1.60. The van der Waals surface area contributed by atoms with Crippen molar-refractivity contribution in [2.75, 3.05) is 11.1 Å². The van der Waals surface area contributed by atoms with E-state index in [0.717, 1.165) is 18.4 Å². The van der Waals surface area contributed by atoms with Crippen LogP contribution < -0.4 is 32.4 Å². The second-order valence-corrected chi connectivity index (χ2v) is 10.7. The lowest BCUT2D eigenvalue weighted by Gasteiger charge is -2.20. The van der Waals surface area contributed by atoms with Crippen molar-refractivity contribution in [3.8, 4) is 17.0 Å². The van der Waals surface area contributed by atoms with Crippen molar-refractivity contribution in [3.63, 3.8) is 0 Å². The van der Waals surface area contributed by atoms with Gasteiger partial charge in [-0.3, -0.25) is 19.6 Å². The fraction of sp³-hybridized carbons (Fsp3) is 0.273.